The smallest absolute Gasteiger partial charge is 0.264 e. The number of ether oxygens (including phenoxy) is 1. The van der Waals surface area contributed by atoms with Crippen LogP contribution in [0.15, 0.2) is 77.7 Å². The van der Waals surface area contributed by atoms with Gasteiger partial charge in [-0.05, 0) is 49.7 Å². The number of anilines is 1. The van der Waals surface area contributed by atoms with Gasteiger partial charge in [-0.15, -0.1) is 0 Å². The number of sulfonamides is 1. The third-order valence-electron chi connectivity index (χ3n) is 4.87. The summed E-state index contributed by atoms with van der Waals surface area (Å²) < 4.78 is 33.5. The van der Waals surface area contributed by atoms with Gasteiger partial charge in [0.05, 0.1) is 17.2 Å². The van der Waals surface area contributed by atoms with Crippen molar-refractivity contribution in [2.75, 3.05) is 17.5 Å². The van der Waals surface area contributed by atoms with Crippen molar-refractivity contribution < 1.29 is 17.9 Å². The minimum atomic E-state index is -4.00. The Morgan fingerprint density at radius 1 is 1.00 bits per heavy atom. The van der Waals surface area contributed by atoms with Crippen LogP contribution in [0.25, 0.3) is 0 Å². The van der Waals surface area contributed by atoms with E-state index in [9.17, 15) is 13.2 Å². The molecular formula is C24H25ClN2O4S. The average molecular weight is 473 g/mol. The lowest BCUT2D eigenvalue weighted by Gasteiger charge is -2.26. The molecule has 3 rings (SSSR count). The molecule has 0 aromatic heterocycles. The molecule has 0 heterocycles. The Balaban J connectivity index is 1.88. The molecule has 0 atom stereocenters. The maximum absolute atomic E-state index is 13.4. The van der Waals surface area contributed by atoms with E-state index < -0.39 is 22.5 Å². The van der Waals surface area contributed by atoms with Crippen molar-refractivity contribution in [3.8, 4) is 5.75 Å². The minimum absolute atomic E-state index is 0.0915. The van der Waals surface area contributed by atoms with Crippen LogP contribution in [0.4, 0.5) is 5.69 Å². The van der Waals surface area contributed by atoms with E-state index in [0.29, 0.717) is 28.6 Å². The van der Waals surface area contributed by atoms with Gasteiger partial charge in [-0.25, -0.2) is 8.42 Å². The van der Waals surface area contributed by atoms with Gasteiger partial charge in [0.25, 0.3) is 10.0 Å². The van der Waals surface area contributed by atoms with Crippen LogP contribution in [-0.4, -0.2) is 27.5 Å². The number of amides is 1. The molecule has 8 heteroatoms. The Morgan fingerprint density at radius 2 is 1.69 bits per heavy atom. The van der Waals surface area contributed by atoms with Gasteiger partial charge in [0.15, 0.2) is 0 Å². The zero-order valence-electron chi connectivity index (χ0n) is 17.9. The van der Waals surface area contributed by atoms with Crippen LogP contribution < -0.4 is 14.4 Å². The van der Waals surface area contributed by atoms with Gasteiger partial charge in [-0.2, -0.15) is 0 Å². The van der Waals surface area contributed by atoms with E-state index in [2.05, 4.69) is 5.32 Å². The van der Waals surface area contributed by atoms with Crippen LogP contribution >= 0.6 is 11.6 Å². The number of hydrogen-bond acceptors (Lipinski definition) is 4. The van der Waals surface area contributed by atoms with Crippen molar-refractivity contribution in [2.45, 2.75) is 25.3 Å². The molecule has 0 fully saturated rings. The number of para-hydroxylation sites is 1. The lowest BCUT2D eigenvalue weighted by Crippen LogP contribution is -2.41. The summed E-state index contributed by atoms with van der Waals surface area (Å²) in [5.41, 5.74) is 1.73. The van der Waals surface area contributed by atoms with Gasteiger partial charge in [0, 0.05) is 17.1 Å². The number of benzene rings is 3. The number of carbonyl (C=O) groups is 1. The summed E-state index contributed by atoms with van der Waals surface area (Å²) in [4.78, 5) is 12.9. The van der Waals surface area contributed by atoms with Crippen molar-refractivity contribution in [3.63, 3.8) is 0 Å². The molecule has 0 aliphatic rings. The van der Waals surface area contributed by atoms with Crippen LogP contribution in [0.1, 0.15) is 18.1 Å². The maximum atomic E-state index is 13.4. The Bertz CT molecular complexity index is 1180. The summed E-state index contributed by atoms with van der Waals surface area (Å²) in [5, 5.41) is 3.22. The summed E-state index contributed by atoms with van der Waals surface area (Å²) in [6.45, 7) is 3.93. The number of hydrogen-bond donors (Lipinski definition) is 1. The first-order valence-corrected chi connectivity index (χ1v) is 12.0. The van der Waals surface area contributed by atoms with Crippen molar-refractivity contribution in [2.24, 2.45) is 0 Å². The number of nitrogens with zero attached hydrogens (tertiary/aromatic N) is 1. The first-order chi connectivity index (χ1) is 15.3. The van der Waals surface area contributed by atoms with E-state index in [1.54, 1.807) is 43.3 Å². The molecule has 0 saturated carbocycles. The second-order valence-electron chi connectivity index (χ2n) is 7.03. The Hall–Kier alpha value is -3.03. The van der Waals surface area contributed by atoms with Gasteiger partial charge >= 0.3 is 0 Å². The van der Waals surface area contributed by atoms with Crippen LogP contribution in [0.5, 0.6) is 5.75 Å². The van der Waals surface area contributed by atoms with Crippen LogP contribution in [0, 0.1) is 6.92 Å². The average Bonchev–Trinajstić information content (AvgIpc) is 2.80. The molecular weight excluding hydrogens is 448 g/mol. The summed E-state index contributed by atoms with van der Waals surface area (Å²) >= 11 is 6.24. The molecule has 32 heavy (non-hydrogen) atoms. The zero-order chi connectivity index (χ0) is 23.1. The largest absolute Gasteiger partial charge is 0.494 e. The van der Waals surface area contributed by atoms with Gasteiger partial charge in [0.1, 0.15) is 12.3 Å². The summed E-state index contributed by atoms with van der Waals surface area (Å²) in [5.74, 6) is 0.227. The number of rotatable bonds is 9. The predicted molar refractivity (Wildman–Crippen MR) is 127 cm³/mol. The molecule has 0 aliphatic heterocycles. The van der Waals surface area contributed by atoms with E-state index in [1.807, 2.05) is 31.2 Å². The summed E-state index contributed by atoms with van der Waals surface area (Å²) in [7, 11) is -4.00. The molecule has 168 valence electrons. The number of halogens is 1. The molecule has 1 amide bonds. The highest BCUT2D eigenvalue weighted by atomic mass is 35.5. The SMILES string of the molecule is CCOc1ccccc1CNC(=O)CN(c1cccc(Cl)c1C)S(=O)(=O)c1ccccc1. The quantitative estimate of drug-likeness (QED) is 0.495. The van der Waals surface area contributed by atoms with Crippen molar-refractivity contribution in [1.29, 1.82) is 0 Å². The predicted octanol–water partition coefficient (Wildman–Crippen LogP) is 4.56. The maximum Gasteiger partial charge on any atom is 0.264 e. The molecule has 0 aliphatic carbocycles. The van der Waals surface area contributed by atoms with Gasteiger partial charge in [-0.3, -0.25) is 9.10 Å². The second kappa shape index (κ2) is 10.5. The van der Waals surface area contributed by atoms with E-state index in [4.69, 9.17) is 16.3 Å². The molecule has 0 spiro atoms. The van der Waals surface area contributed by atoms with E-state index in [0.717, 1.165) is 9.87 Å². The monoisotopic (exact) mass is 472 g/mol. The molecule has 0 radical (unpaired) electrons. The highest BCUT2D eigenvalue weighted by Gasteiger charge is 2.28. The third kappa shape index (κ3) is 5.41. The van der Waals surface area contributed by atoms with Crippen LogP contribution in [-0.2, 0) is 21.4 Å². The first kappa shape index (κ1) is 23.6. The fourth-order valence-electron chi connectivity index (χ4n) is 3.21. The second-order valence-corrected chi connectivity index (χ2v) is 9.30. The highest BCUT2D eigenvalue weighted by molar-refractivity contribution is 7.92. The molecule has 0 saturated heterocycles. The normalized spacial score (nSPS) is 11.1. The summed E-state index contributed by atoms with van der Waals surface area (Å²) in [6.07, 6.45) is 0. The van der Waals surface area contributed by atoms with Crippen LogP contribution in [0.3, 0.4) is 0 Å². The topological polar surface area (TPSA) is 75.7 Å². The molecule has 0 bridgehead atoms. The molecule has 3 aromatic carbocycles. The lowest BCUT2D eigenvalue weighted by molar-refractivity contribution is -0.119. The Morgan fingerprint density at radius 3 is 2.41 bits per heavy atom. The minimum Gasteiger partial charge on any atom is -0.494 e. The van der Waals surface area contributed by atoms with E-state index >= 15 is 0 Å². The van der Waals surface area contributed by atoms with E-state index in [1.165, 1.54) is 12.1 Å². The number of nitrogens with one attached hydrogen (secondary N) is 1. The standard InChI is InChI=1S/C24H25ClN2O4S/c1-3-31-23-15-8-7-10-19(23)16-26-24(28)17-27(22-14-9-13-21(25)18(22)2)32(29,30)20-11-5-4-6-12-20/h4-15H,3,16-17H2,1-2H3,(H,26,28). The Kier molecular flexibility index (Phi) is 7.77. The van der Waals surface area contributed by atoms with Gasteiger partial charge < -0.3 is 10.1 Å². The van der Waals surface area contributed by atoms with Crippen molar-refractivity contribution in [1.82, 2.24) is 5.32 Å². The molecule has 6 nitrogen and oxygen atoms in total. The molecule has 3 aromatic rings. The fraction of sp³-hybridized carbons (Fsp3) is 0.208. The lowest BCUT2D eigenvalue weighted by atomic mass is 10.2. The van der Waals surface area contributed by atoms with E-state index in [-0.39, 0.29) is 11.4 Å². The first-order valence-electron chi connectivity index (χ1n) is 10.1. The zero-order valence-corrected chi connectivity index (χ0v) is 19.5. The molecule has 0 unspecified atom stereocenters. The Labute approximate surface area is 193 Å². The van der Waals surface area contributed by atoms with Gasteiger partial charge in [-0.1, -0.05) is 54.1 Å². The third-order valence-corrected chi connectivity index (χ3v) is 7.06. The fourth-order valence-corrected chi connectivity index (χ4v) is 4.88. The van der Waals surface area contributed by atoms with Crippen LogP contribution in [0.2, 0.25) is 5.02 Å². The number of carbonyl (C=O) groups excluding carboxylic acids is 1. The highest BCUT2D eigenvalue weighted by Crippen LogP contribution is 2.30. The van der Waals surface area contributed by atoms with Gasteiger partial charge in [0.2, 0.25) is 5.91 Å². The van der Waals surface area contributed by atoms with Crippen molar-refractivity contribution >= 4 is 33.2 Å². The van der Waals surface area contributed by atoms with Crippen molar-refractivity contribution in [3.05, 3.63) is 88.9 Å². The summed E-state index contributed by atoms with van der Waals surface area (Å²) in [6, 6.07) is 20.4. The molecule has 1 N–H and O–H groups in total.